The first-order chi connectivity index (χ1) is 7.78. The van der Waals surface area contributed by atoms with E-state index in [0.29, 0.717) is 0 Å². The zero-order valence-electron chi connectivity index (χ0n) is 11.0. The third kappa shape index (κ3) is 1.93. The summed E-state index contributed by atoms with van der Waals surface area (Å²) in [5, 5.41) is 0. The summed E-state index contributed by atoms with van der Waals surface area (Å²) in [6, 6.07) is 0. The van der Waals surface area contributed by atoms with Crippen LogP contribution in [-0.2, 0) is 0 Å². The van der Waals surface area contributed by atoms with Crippen LogP contribution in [0, 0.1) is 23.2 Å². The lowest BCUT2D eigenvalue weighted by Gasteiger charge is -2.32. The van der Waals surface area contributed by atoms with E-state index in [0.717, 1.165) is 23.2 Å². The van der Waals surface area contributed by atoms with Crippen LogP contribution in [0.25, 0.3) is 0 Å². The molecule has 0 nitrogen and oxygen atoms in total. The maximum absolute atomic E-state index is 2.60. The smallest absolute Gasteiger partial charge is 0.0297 e. The molecule has 2 unspecified atom stereocenters. The van der Waals surface area contributed by atoms with Crippen molar-refractivity contribution in [2.75, 3.05) is 0 Å². The van der Waals surface area contributed by atoms with Crippen LogP contribution < -0.4 is 0 Å². The van der Waals surface area contributed by atoms with Gasteiger partial charge in [0.25, 0.3) is 0 Å². The van der Waals surface area contributed by atoms with Gasteiger partial charge in [-0.1, -0.05) is 45.4 Å². The van der Waals surface area contributed by atoms with Gasteiger partial charge in [0.1, 0.15) is 0 Å². The minimum Gasteiger partial charge on any atom is -0.0594 e. The fourth-order valence-corrected chi connectivity index (χ4v) is 5.10. The number of hydrogen-bond donors (Lipinski definition) is 0. The summed E-state index contributed by atoms with van der Waals surface area (Å²) in [6.45, 7) is 2.60. The molecular weight excluding hydrogens is 192 g/mol. The first-order valence-corrected chi connectivity index (χ1v) is 7.78. The second-order valence-corrected chi connectivity index (χ2v) is 7.18. The highest BCUT2D eigenvalue weighted by atomic mass is 14.5. The topological polar surface area (TPSA) is 0 Å². The van der Waals surface area contributed by atoms with Crippen molar-refractivity contribution >= 4 is 0 Å². The van der Waals surface area contributed by atoms with Gasteiger partial charge >= 0.3 is 0 Å². The normalized spacial score (nSPS) is 39.6. The van der Waals surface area contributed by atoms with Crippen LogP contribution in [0.4, 0.5) is 0 Å². The Morgan fingerprint density at radius 2 is 1.44 bits per heavy atom. The molecule has 0 amide bonds. The van der Waals surface area contributed by atoms with E-state index in [-0.39, 0.29) is 0 Å². The fraction of sp³-hybridized carbons (Fsp3) is 1.00. The molecule has 3 aliphatic carbocycles. The van der Waals surface area contributed by atoms with E-state index in [2.05, 4.69) is 6.92 Å². The Morgan fingerprint density at radius 3 is 2.12 bits per heavy atom. The predicted octanol–water partition coefficient (Wildman–Crippen LogP) is 5.17. The number of hydrogen-bond acceptors (Lipinski definition) is 0. The first-order valence-electron chi connectivity index (χ1n) is 7.78. The molecule has 0 heteroatoms. The highest BCUT2D eigenvalue weighted by Crippen LogP contribution is 2.54. The van der Waals surface area contributed by atoms with Gasteiger partial charge in [-0.2, -0.15) is 0 Å². The Bertz CT molecular complexity index is 230. The lowest BCUT2D eigenvalue weighted by molar-refractivity contribution is 0.184. The molecule has 0 aromatic heterocycles. The fourth-order valence-electron chi connectivity index (χ4n) is 5.10. The molecule has 0 spiro atoms. The van der Waals surface area contributed by atoms with Gasteiger partial charge < -0.3 is 0 Å². The Kier molecular flexibility index (Phi) is 3.02. The predicted molar refractivity (Wildman–Crippen MR) is 69.4 cm³/mol. The van der Waals surface area contributed by atoms with Crippen molar-refractivity contribution in [1.29, 1.82) is 0 Å². The van der Waals surface area contributed by atoms with Gasteiger partial charge in [0.05, 0.1) is 0 Å². The third-order valence-corrected chi connectivity index (χ3v) is 6.27. The molecule has 3 aliphatic rings. The Balaban J connectivity index is 1.59. The number of rotatable bonds is 2. The highest BCUT2D eigenvalue weighted by Gasteiger charge is 2.42. The molecule has 0 heterocycles. The molecule has 16 heavy (non-hydrogen) atoms. The zero-order chi connectivity index (χ0) is 11.0. The van der Waals surface area contributed by atoms with Crippen molar-refractivity contribution in [3.05, 3.63) is 0 Å². The summed E-state index contributed by atoms with van der Waals surface area (Å²) in [4.78, 5) is 0. The summed E-state index contributed by atoms with van der Waals surface area (Å²) in [5.41, 5.74) is 0.757. The van der Waals surface area contributed by atoms with Crippen LogP contribution in [0.1, 0.15) is 77.6 Å². The van der Waals surface area contributed by atoms with E-state index in [1.165, 1.54) is 38.5 Å². The minimum absolute atomic E-state index is 0.757. The van der Waals surface area contributed by atoms with Crippen molar-refractivity contribution < 1.29 is 0 Å². The molecule has 0 saturated heterocycles. The van der Waals surface area contributed by atoms with Gasteiger partial charge in [0.2, 0.25) is 0 Å². The Hall–Kier alpha value is 0. The van der Waals surface area contributed by atoms with Crippen LogP contribution in [0.5, 0.6) is 0 Å². The maximum Gasteiger partial charge on any atom is -0.0297 e. The van der Waals surface area contributed by atoms with Crippen LogP contribution in [-0.4, -0.2) is 0 Å². The molecule has 3 rings (SSSR count). The van der Waals surface area contributed by atoms with Crippen LogP contribution in [0.3, 0.4) is 0 Å². The van der Waals surface area contributed by atoms with Gasteiger partial charge in [-0.3, -0.25) is 0 Å². The summed E-state index contributed by atoms with van der Waals surface area (Å²) in [5.74, 6) is 3.36. The largest absolute Gasteiger partial charge is 0.0594 e. The molecule has 0 radical (unpaired) electrons. The summed E-state index contributed by atoms with van der Waals surface area (Å²) in [7, 11) is 0. The molecule has 3 saturated carbocycles. The average molecular weight is 220 g/mol. The van der Waals surface area contributed by atoms with E-state index >= 15 is 0 Å². The SMILES string of the molecule is CC1(C2CCC(C3CCCC3)C2)CCCC1. The standard InChI is InChI=1S/C16H28/c1-16(10-4-5-11-16)15-9-8-14(12-15)13-6-2-3-7-13/h13-15H,2-12H2,1H3. The maximum atomic E-state index is 2.60. The van der Waals surface area contributed by atoms with Crippen molar-refractivity contribution in [3.63, 3.8) is 0 Å². The van der Waals surface area contributed by atoms with Gasteiger partial charge in [0.15, 0.2) is 0 Å². The molecule has 0 bridgehead atoms. The van der Waals surface area contributed by atoms with E-state index < -0.39 is 0 Å². The first kappa shape index (κ1) is 11.1. The Morgan fingerprint density at radius 1 is 0.750 bits per heavy atom. The second kappa shape index (κ2) is 4.35. The van der Waals surface area contributed by atoms with Gasteiger partial charge in [-0.25, -0.2) is 0 Å². The molecule has 0 N–H and O–H groups in total. The van der Waals surface area contributed by atoms with Gasteiger partial charge in [-0.15, -0.1) is 0 Å². The van der Waals surface area contributed by atoms with E-state index in [1.807, 2.05) is 0 Å². The minimum atomic E-state index is 0.757. The van der Waals surface area contributed by atoms with E-state index in [9.17, 15) is 0 Å². The van der Waals surface area contributed by atoms with Gasteiger partial charge in [-0.05, 0) is 55.3 Å². The van der Waals surface area contributed by atoms with Crippen LogP contribution in [0.15, 0.2) is 0 Å². The van der Waals surface area contributed by atoms with Crippen LogP contribution in [0.2, 0.25) is 0 Å². The van der Waals surface area contributed by atoms with Crippen molar-refractivity contribution in [1.82, 2.24) is 0 Å². The molecular formula is C16H28. The summed E-state index contributed by atoms with van der Waals surface area (Å²) < 4.78 is 0. The molecule has 92 valence electrons. The van der Waals surface area contributed by atoms with Crippen molar-refractivity contribution in [2.24, 2.45) is 23.2 Å². The molecule has 0 aromatic rings. The molecule has 0 aromatic carbocycles. The monoisotopic (exact) mass is 220 g/mol. The van der Waals surface area contributed by atoms with E-state index in [1.54, 1.807) is 32.1 Å². The Labute approximate surface area is 101 Å². The van der Waals surface area contributed by atoms with Crippen molar-refractivity contribution in [2.45, 2.75) is 77.6 Å². The second-order valence-electron chi connectivity index (χ2n) is 7.18. The lowest BCUT2D eigenvalue weighted by atomic mass is 9.74. The highest BCUT2D eigenvalue weighted by molar-refractivity contribution is 4.93. The summed E-state index contributed by atoms with van der Waals surface area (Å²) in [6.07, 6.45) is 17.0. The third-order valence-electron chi connectivity index (χ3n) is 6.27. The van der Waals surface area contributed by atoms with Crippen LogP contribution >= 0.6 is 0 Å². The molecule has 0 aliphatic heterocycles. The molecule has 3 fully saturated rings. The quantitative estimate of drug-likeness (QED) is 0.602. The van der Waals surface area contributed by atoms with Gasteiger partial charge in [0, 0.05) is 0 Å². The zero-order valence-corrected chi connectivity index (χ0v) is 11.0. The van der Waals surface area contributed by atoms with E-state index in [4.69, 9.17) is 0 Å². The average Bonchev–Trinajstić information content (AvgIpc) is 2.98. The summed E-state index contributed by atoms with van der Waals surface area (Å²) >= 11 is 0. The molecule has 2 atom stereocenters. The lowest BCUT2D eigenvalue weighted by Crippen LogP contribution is -2.22. The van der Waals surface area contributed by atoms with Crippen molar-refractivity contribution in [3.8, 4) is 0 Å².